The molecule has 16 heavy (non-hydrogen) atoms. The fourth-order valence-electron chi connectivity index (χ4n) is 0.841. The smallest absolute Gasteiger partial charge is 0.384 e. The SMILES string of the molecule is CCOC(=O)C#CCOC(=O)c1ccoc1. The Morgan fingerprint density at radius 3 is 2.88 bits per heavy atom. The summed E-state index contributed by atoms with van der Waals surface area (Å²) in [4.78, 5) is 22.0. The first-order chi connectivity index (χ1) is 7.74. The van der Waals surface area contributed by atoms with Gasteiger partial charge in [0, 0.05) is 5.92 Å². The van der Waals surface area contributed by atoms with Crippen molar-refractivity contribution in [1.82, 2.24) is 0 Å². The molecule has 1 heterocycles. The molecule has 0 spiro atoms. The number of furan rings is 1. The van der Waals surface area contributed by atoms with Crippen molar-refractivity contribution in [3.05, 3.63) is 24.2 Å². The Balaban J connectivity index is 2.30. The van der Waals surface area contributed by atoms with E-state index >= 15 is 0 Å². The molecule has 0 N–H and O–H groups in total. The van der Waals surface area contributed by atoms with Crippen molar-refractivity contribution >= 4 is 11.9 Å². The Morgan fingerprint density at radius 1 is 1.44 bits per heavy atom. The number of ether oxygens (including phenoxy) is 2. The quantitative estimate of drug-likeness (QED) is 0.433. The number of hydrogen-bond acceptors (Lipinski definition) is 5. The second-order valence-electron chi connectivity index (χ2n) is 2.61. The molecule has 0 aromatic carbocycles. The largest absolute Gasteiger partial charge is 0.472 e. The van der Waals surface area contributed by atoms with Crippen molar-refractivity contribution in [3.63, 3.8) is 0 Å². The van der Waals surface area contributed by atoms with Gasteiger partial charge in [-0.05, 0) is 18.9 Å². The van der Waals surface area contributed by atoms with Gasteiger partial charge in [0.25, 0.3) is 0 Å². The average Bonchev–Trinajstić information content (AvgIpc) is 2.78. The molecule has 5 heteroatoms. The number of rotatable bonds is 3. The minimum Gasteiger partial charge on any atom is -0.472 e. The van der Waals surface area contributed by atoms with Gasteiger partial charge >= 0.3 is 11.9 Å². The predicted molar refractivity (Wildman–Crippen MR) is 53.4 cm³/mol. The first-order valence-corrected chi connectivity index (χ1v) is 4.59. The molecule has 1 aromatic heterocycles. The molecule has 0 aliphatic heterocycles. The minimum atomic E-state index is -0.637. The predicted octanol–water partition coefficient (Wildman–Crippen LogP) is 1.00. The second kappa shape index (κ2) is 6.30. The van der Waals surface area contributed by atoms with Gasteiger partial charge in [0.15, 0.2) is 6.61 Å². The van der Waals surface area contributed by atoms with Gasteiger partial charge in [-0.1, -0.05) is 0 Å². The van der Waals surface area contributed by atoms with Gasteiger partial charge < -0.3 is 13.9 Å². The Morgan fingerprint density at radius 2 is 2.25 bits per heavy atom. The first-order valence-electron chi connectivity index (χ1n) is 4.59. The van der Waals surface area contributed by atoms with Gasteiger partial charge in [-0.2, -0.15) is 0 Å². The van der Waals surface area contributed by atoms with Crippen LogP contribution >= 0.6 is 0 Å². The summed E-state index contributed by atoms with van der Waals surface area (Å²) in [5.74, 6) is 3.35. The van der Waals surface area contributed by atoms with Crippen molar-refractivity contribution < 1.29 is 23.5 Å². The summed E-state index contributed by atoms with van der Waals surface area (Å²) in [6, 6.07) is 1.47. The Bertz CT molecular complexity index is 407. The highest BCUT2D eigenvalue weighted by Gasteiger charge is 2.06. The number of hydrogen-bond donors (Lipinski definition) is 0. The maximum Gasteiger partial charge on any atom is 0.384 e. The van der Waals surface area contributed by atoms with Gasteiger partial charge in [0.1, 0.15) is 6.26 Å². The third-order valence-electron chi connectivity index (χ3n) is 1.50. The van der Waals surface area contributed by atoms with E-state index in [0.717, 1.165) is 0 Å². The molecule has 0 atom stereocenters. The summed E-state index contributed by atoms with van der Waals surface area (Å²) in [6.07, 6.45) is 2.63. The van der Waals surface area contributed by atoms with Gasteiger partial charge in [0.05, 0.1) is 18.4 Å². The number of carbonyl (C=O) groups excluding carboxylic acids is 2. The fourth-order valence-corrected chi connectivity index (χ4v) is 0.841. The monoisotopic (exact) mass is 222 g/mol. The molecule has 0 bridgehead atoms. The van der Waals surface area contributed by atoms with Crippen molar-refractivity contribution in [1.29, 1.82) is 0 Å². The molecule has 0 amide bonds. The third-order valence-corrected chi connectivity index (χ3v) is 1.50. The van der Waals surface area contributed by atoms with Gasteiger partial charge in [-0.3, -0.25) is 0 Å². The van der Waals surface area contributed by atoms with Crippen LogP contribution in [0.4, 0.5) is 0 Å². The summed E-state index contributed by atoms with van der Waals surface area (Å²) in [5.41, 5.74) is 0.304. The van der Waals surface area contributed by atoms with E-state index in [1.807, 2.05) is 0 Å². The molecule has 0 fully saturated rings. The van der Waals surface area contributed by atoms with E-state index in [4.69, 9.17) is 9.15 Å². The van der Waals surface area contributed by atoms with Crippen LogP contribution in [0.25, 0.3) is 0 Å². The third kappa shape index (κ3) is 3.88. The Labute approximate surface area is 92.3 Å². The van der Waals surface area contributed by atoms with Crippen LogP contribution in [0.15, 0.2) is 23.0 Å². The molecular formula is C11H10O5. The molecule has 1 rings (SSSR count). The zero-order chi connectivity index (χ0) is 11.8. The molecular weight excluding hydrogens is 212 g/mol. The first kappa shape index (κ1) is 11.9. The molecule has 0 unspecified atom stereocenters. The van der Waals surface area contributed by atoms with Gasteiger partial charge in [-0.25, -0.2) is 9.59 Å². The Hall–Kier alpha value is -2.22. The van der Waals surface area contributed by atoms with Gasteiger partial charge in [0.2, 0.25) is 0 Å². The summed E-state index contributed by atoms with van der Waals surface area (Å²) >= 11 is 0. The number of carbonyl (C=O) groups is 2. The highest BCUT2D eigenvalue weighted by atomic mass is 16.5. The Kier molecular flexibility index (Phi) is 4.67. The van der Waals surface area contributed by atoms with Crippen molar-refractivity contribution in [2.45, 2.75) is 6.92 Å². The lowest BCUT2D eigenvalue weighted by Gasteiger charge is -1.96. The van der Waals surface area contributed by atoms with Crippen LogP contribution < -0.4 is 0 Å². The van der Waals surface area contributed by atoms with E-state index in [1.54, 1.807) is 6.92 Å². The zero-order valence-corrected chi connectivity index (χ0v) is 8.69. The number of esters is 2. The minimum absolute atomic E-state index is 0.164. The molecule has 0 aliphatic rings. The fraction of sp³-hybridized carbons (Fsp3) is 0.273. The molecule has 1 aromatic rings. The van der Waals surface area contributed by atoms with Crippen molar-refractivity contribution in [2.75, 3.05) is 13.2 Å². The maximum absolute atomic E-state index is 11.2. The van der Waals surface area contributed by atoms with Gasteiger partial charge in [-0.15, -0.1) is 0 Å². The van der Waals surface area contributed by atoms with Crippen LogP contribution in [0.5, 0.6) is 0 Å². The van der Waals surface area contributed by atoms with Crippen LogP contribution in [0.3, 0.4) is 0 Å². The van der Waals surface area contributed by atoms with Crippen LogP contribution in [0.1, 0.15) is 17.3 Å². The summed E-state index contributed by atoms with van der Waals surface area (Å²) < 4.78 is 14.0. The zero-order valence-electron chi connectivity index (χ0n) is 8.69. The lowest BCUT2D eigenvalue weighted by atomic mass is 10.3. The van der Waals surface area contributed by atoms with Crippen LogP contribution in [0.2, 0.25) is 0 Å². The van der Waals surface area contributed by atoms with E-state index in [2.05, 4.69) is 16.6 Å². The molecule has 0 radical (unpaired) electrons. The summed E-state index contributed by atoms with van der Waals surface area (Å²) in [7, 11) is 0. The summed E-state index contributed by atoms with van der Waals surface area (Å²) in [5, 5.41) is 0. The van der Waals surface area contributed by atoms with E-state index in [-0.39, 0.29) is 13.2 Å². The van der Waals surface area contributed by atoms with Crippen LogP contribution in [-0.4, -0.2) is 25.2 Å². The maximum atomic E-state index is 11.2. The molecule has 0 saturated heterocycles. The van der Waals surface area contributed by atoms with E-state index in [0.29, 0.717) is 5.56 Å². The molecule has 0 aliphatic carbocycles. The molecule has 5 nitrogen and oxygen atoms in total. The lowest BCUT2D eigenvalue weighted by Crippen LogP contribution is -2.05. The topological polar surface area (TPSA) is 65.7 Å². The van der Waals surface area contributed by atoms with Crippen molar-refractivity contribution in [3.8, 4) is 11.8 Å². The van der Waals surface area contributed by atoms with E-state index in [1.165, 1.54) is 18.6 Å². The average molecular weight is 222 g/mol. The standard InChI is InChI=1S/C11H10O5/c1-2-15-10(12)4-3-6-16-11(13)9-5-7-14-8-9/h5,7-8H,2,6H2,1H3. The normalized spacial score (nSPS) is 8.81. The summed E-state index contributed by atoms with van der Waals surface area (Å²) in [6.45, 7) is 1.78. The lowest BCUT2D eigenvalue weighted by molar-refractivity contribution is -0.136. The van der Waals surface area contributed by atoms with E-state index < -0.39 is 11.9 Å². The van der Waals surface area contributed by atoms with E-state index in [9.17, 15) is 9.59 Å². The molecule has 84 valence electrons. The van der Waals surface area contributed by atoms with Crippen LogP contribution in [0, 0.1) is 11.8 Å². The highest BCUT2D eigenvalue weighted by Crippen LogP contribution is 2.01. The van der Waals surface area contributed by atoms with Crippen molar-refractivity contribution in [2.24, 2.45) is 0 Å². The molecule has 0 saturated carbocycles. The second-order valence-corrected chi connectivity index (χ2v) is 2.61. The highest BCUT2D eigenvalue weighted by molar-refractivity contribution is 5.89. The van der Waals surface area contributed by atoms with Crippen LogP contribution in [-0.2, 0) is 14.3 Å².